The van der Waals surface area contributed by atoms with Crippen molar-refractivity contribution in [2.24, 2.45) is 0 Å². The SMILES string of the molecule is CCO[C@@H](C)C(=O)NS(=O)(=O)c1ccccc1C(=O)OC. The number of hydrogen-bond acceptors (Lipinski definition) is 6. The minimum Gasteiger partial charge on any atom is -0.465 e. The first-order valence-corrected chi connectivity index (χ1v) is 7.67. The van der Waals surface area contributed by atoms with E-state index in [1.54, 1.807) is 6.92 Å². The molecule has 21 heavy (non-hydrogen) atoms. The van der Waals surface area contributed by atoms with Gasteiger partial charge in [0.05, 0.1) is 12.7 Å². The lowest BCUT2D eigenvalue weighted by atomic mass is 10.2. The number of ether oxygens (including phenoxy) is 2. The average Bonchev–Trinajstić information content (AvgIpc) is 2.46. The van der Waals surface area contributed by atoms with Gasteiger partial charge in [-0.25, -0.2) is 17.9 Å². The van der Waals surface area contributed by atoms with E-state index in [2.05, 4.69) is 4.74 Å². The first kappa shape index (κ1) is 17.1. The van der Waals surface area contributed by atoms with Gasteiger partial charge in [-0.3, -0.25) is 4.79 Å². The van der Waals surface area contributed by atoms with E-state index in [0.29, 0.717) is 0 Å². The molecule has 0 unspecified atom stereocenters. The monoisotopic (exact) mass is 315 g/mol. The van der Waals surface area contributed by atoms with Gasteiger partial charge in [0, 0.05) is 6.61 Å². The van der Waals surface area contributed by atoms with Gasteiger partial charge in [0.2, 0.25) is 0 Å². The van der Waals surface area contributed by atoms with Crippen molar-refractivity contribution in [2.45, 2.75) is 24.8 Å². The van der Waals surface area contributed by atoms with Crippen molar-refractivity contribution in [1.29, 1.82) is 0 Å². The van der Waals surface area contributed by atoms with Crippen molar-refractivity contribution in [1.82, 2.24) is 4.72 Å². The van der Waals surface area contributed by atoms with Crippen LogP contribution in [-0.4, -0.2) is 40.1 Å². The van der Waals surface area contributed by atoms with Gasteiger partial charge in [-0.15, -0.1) is 0 Å². The molecule has 0 radical (unpaired) electrons. The first-order chi connectivity index (χ1) is 9.83. The summed E-state index contributed by atoms with van der Waals surface area (Å²) in [6, 6.07) is 5.46. The van der Waals surface area contributed by atoms with Crippen LogP contribution in [0.3, 0.4) is 0 Å². The summed E-state index contributed by atoms with van der Waals surface area (Å²) < 4.78 is 35.8. The number of hydrogen-bond donors (Lipinski definition) is 1. The lowest BCUT2D eigenvalue weighted by Gasteiger charge is -2.13. The Labute approximate surface area is 123 Å². The lowest BCUT2D eigenvalue weighted by molar-refractivity contribution is -0.129. The Balaban J connectivity index is 3.09. The zero-order valence-corrected chi connectivity index (χ0v) is 12.8. The van der Waals surface area contributed by atoms with Crippen LogP contribution < -0.4 is 4.72 Å². The van der Waals surface area contributed by atoms with E-state index in [1.807, 2.05) is 4.72 Å². The Morgan fingerprint density at radius 2 is 1.90 bits per heavy atom. The van der Waals surface area contributed by atoms with Gasteiger partial charge in [-0.05, 0) is 26.0 Å². The Morgan fingerprint density at radius 1 is 1.29 bits per heavy atom. The van der Waals surface area contributed by atoms with Crippen LogP contribution in [0.4, 0.5) is 0 Å². The number of carbonyl (C=O) groups excluding carboxylic acids is 2. The largest absolute Gasteiger partial charge is 0.465 e. The number of esters is 1. The molecule has 0 aliphatic rings. The second-order valence-electron chi connectivity index (χ2n) is 4.06. The molecule has 1 amide bonds. The lowest BCUT2D eigenvalue weighted by Crippen LogP contribution is -2.39. The predicted molar refractivity (Wildman–Crippen MR) is 74.2 cm³/mol. The molecule has 1 N–H and O–H groups in total. The van der Waals surface area contributed by atoms with E-state index < -0.39 is 28.0 Å². The van der Waals surface area contributed by atoms with E-state index in [-0.39, 0.29) is 17.1 Å². The van der Waals surface area contributed by atoms with Crippen LogP contribution in [0.25, 0.3) is 0 Å². The molecule has 1 rings (SSSR count). The van der Waals surface area contributed by atoms with Gasteiger partial charge >= 0.3 is 5.97 Å². The fourth-order valence-electron chi connectivity index (χ4n) is 1.58. The first-order valence-electron chi connectivity index (χ1n) is 6.19. The molecule has 1 aromatic rings. The second kappa shape index (κ2) is 7.19. The smallest absolute Gasteiger partial charge is 0.339 e. The van der Waals surface area contributed by atoms with Crippen LogP contribution in [0.2, 0.25) is 0 Å². The maximum Gasteiger partial charge on any atom is 0.339 e. The number of methoxy groups -OCH3 is 1. The summed E-state index contributed by atoms with van der Waals surface area (Å²) in [6.45, 7) is 3.39. The highest BCUT2D eigenvalue weighted by Gasteiger charge is 2.26. The third-order valence-corrected chi connectivity index (χ3v) is 4.01. The zero-order chi connectivity index (χ0) is 16.0. The minimum absolute atomic E-state index is 0.149. The van der Waals surface area contributed by atoms with E-state index in [0.717, 1.165) is 7.11 Å². The van der Waals surface area contributed by atoms with Gasteiger partial charge in [0.15, 0.2) is 0 Å². The maximum atomic E-state index is 12.2. The number of benzene rings is 1. The number of amides is 1. The molecule has 1 aromatic carbocycles. The van der Waals surface area contributed by atoms with E-state index >= 15 is 0 Å². The van der Waals surface area contributed by atoms with Crippen LogP contribution >= 0.6 is 0 Å². The van der Waals surface area contributed by atoms with Crippen molar-refractivity contribution >= 4 is 21.9 Å². The molecule has 0 aromatic heterocycles. The Morgan fingerprint density at radius 3 is 2.48 bits per heavy atom. The molecule has 0 saturated carbocycles. The molecule has 0 saturated heterocycles. The molecule has 116 valence electrons. The molecule has 7 nitrogen and oxygen atoms in total. The summed E-state index contributed by atoms with van der Waals surface area (Å²) in [5.74, 6) is -1.61. The molecule has 8 heteroatoms. The summed E-state index contributed by atoms with van der Waals surface area (Å²) >= 11 is 0. The third-order valence-electron chi connectivity index (χ3n) is 2.60. The number of rotatable bonds is 6. The highest BCUT2D eigenvalue weighted by Crippen LogP contribution is 2.16. The Hall–Kier alpha value is -1.93. The van der Waals surface area contributed by atoms with Gasteiger partial charge in [0.25, 0.3) is 15.9 Å². The average molecular weight is 315 g/mol. The molecular formula is C13H17NO6S. The van der Waals surface area contributed by atoms with Crippen LogP contribution in [0.1, 0.15) is 24.2 Å². The summed E-state index contributed by atoms with van der Waals surface area (Å²) in [7, 11) is -3.05. The fourth-order valence-corrected chi connectivity index (χ4v) is 2.82. The number of sulfonamides is 1. The van der Waals surface area contributed by atoms with Crippen molar-refractivity contribution in [3.05, 3.63) is 29.8 Å². The van der Waals surface area contributed by atoms with E-state index in [9.17, 15) is 18.0 Å². The minimum atomic E-state index is -4.19. The standard InChI is InChI=1S/C13H17NO6S/c1-4-20-9(2)12(15)14-21(17,18)11-8-6-5-7-10(11)13(16)19-3/h5-9H,4H2,1-3H3,(H,14,15)/t9-/m0/s1. The fraction of sp³-hybridized carbons (Fsp3) is 0.385. The molecular weight excluding hydrogens is 298 g/mol. The Bertz CT molecular complexity index is 625. The van der Waals surface area contributed by atoms with Crippen LogP contribution in [0, 0.1) is 0 Å². The molecule has 1 atom stereocenters. The molecule has 0 spiro atoms. The van der Waals surface area contributed by atoms with Crippen molar-refractivity contribution in [3.8, 4) is 0 Å². The summed E-state index contributed by atoms with van der Waals surface area (Å²) in [6.07, 6.45) is -0.921. The molecule has 0 bridgehead atoms. The molecule has 0 fully saturated rings. The van der Waals surface area contributed by atoms with Gasteiger partial charge in [-0.2, -0.15) is 0 Å². The Kier molecular flexibility index (Phi) is 5.86. The topological polar surface area (TPSA) is 98.8 Å². The van der Waals surface area contributed by atoms with E-state index in [1.165, 1.54) is 31.2 Å². The maximum absolute atomic E-state index is 12.2. The second-order valence-corrected chi connectivity index (χ2v) is 5.71. The molecule has 0 aliphatic carbocycles. The van der Waals surface area contributed by atoms with Crippen LogP contribution in [0.5, 0.6) is 0 Å². The van der Waals surface area contributed by atoms with Gasteiger partial charge in [0.1, 0.15) is 11.0 Å². The normalized spacial score (nSPS) is 12.5. The quantitative estimate of drug-likeness (QED) is 0.776. The zero-order valence-electron chi connectivity index (χ0n) is 12.0. The third kappa shape index (κ3) is 4.27. The summed E-state index contributed by atoms with van der Waals surface area (Å²) in [5, 5.41) is 0. The highest BCUT2D eigenvalue weighted by molar-refractivity contribution is 7.90. The van der Waals surface area contributed by atoms with Crippen molar-refractivity contribution < 1.29 is 27.5 Å². The number of nitrogens with one attached hydrogen (secondary N) is 1. The van der Waals surface area contributed by atoms with Crippen molar-refractivity contribution in [3.63, 3.8) is 0 Å². The van der Waals surface area contributed by atoms with E-state index in [4.69, 9.17) is 4.74 Å². The molecule has 0 aliphatic heterocycles. The van der Waals surface area contributed by atoms with Crippen molar-refractivity contribution in [2.75, 3.05) is 13.7 Å². The van der Waals surface area contributed by atoms with Crippen LogP contribution in [0.15, 0.2) is 29.2 Å². The summed E-state index contributed by atoms with van der Waals surface area (Å²) in [4.78, 5) is 23.0. The molecule has 0 heterocycles. The van der Waals surface area contributed by atoms with Crippen LogP contribution in [-0.2, 0) is 24.3 Å². The summed E-state index contributed by atoms with van der Waals surface area (Å²) in [5.41, 5.74) is -0.149. The van der Waals surface area contributed by atoms with Gasteiger partial charge in [-0.1, -0.05) is 12.1 Å². The highest BCUT2D eigenvalue weighted by atomic mass is 32.2. The predicted octanol–water partition coefficient (Wildman–Crippen LogP) is 0.703. The number of carbonyl (C=O) groups is 2. The van der Waals surface area contributed by atoms with Gasteiger partial charge < -0.3 is 9.47 Å².